The smallest absolute Gasteiger partial charge is 0.129 e. The fraction of sp³-hybridized carbons (Fsp3) is 0.462. The van der Waals surface area contributed by atoms with Crippen LogP contribution in [-0.2, 0) is 0 Å². The molecule has 0 radical (unpaired) electrons. The molecule has 2 N–H and O–H groups in total. The molecule has 1 aliphatic rings. The third-order valence-electron chi connectivity index (χ3n) is 3.55. The molecule has 19 heavy (non-hydrogen) atoms. The summed E-state index contributed by atoms with van der Waals surface area (Å²) in [6.45, 7) is 4.03. The monoisotopic (exact) mass is 273 g/mol. The molecule has 0 unspecified atom stereocenters. The number of piperidine rings is 1. The Kier molecular flexibility index (Phi) is 3.09. The van der Waals surface area contributed by atoms with Crippen molar-refractivity contribution in [1.29, 1.82) is 5.26 Å². The lowest BCUT2D eigenvalue weighted by Gasteiger charge is -2.36. The molecule has 0 spiro atoms. The van der Waals surface area contributed by atoms with Gasteiger partial charge >= 0.3 is 0 Å². The molecule has 1 fully saturated rings. The molecule has 1 aliphatic heterocycles. The molecule has 1 saturated heterocycles. The minimum atomic E-state index is 0.195. The summed E-state index contributed by atoms with van der Waals surface area (Å²) in [6, 6.07) is 6.15. The Labute approximate surface area is 116 Å². The van der Waals surface area contributed by atoms with Gasteiger partial charge in [0.2, 0.25) is 0 Å². The van der Waals surface area contributed by atoms with Crippen molar-refractivity contribution in [3.8, 4) is 6.07 Å². The Bertz CT molecular complexity index is 634. The van der Waals surface area contributed by atoms with E-state index in [1.54, 1.807) is 0 Å². The standard InChI is InChI=1S/C13H15N5S/c1-8-4-10(15)7-18(6-8)11-3-2-9(5-14)12-13(11)17-19-16-12/h2-3,8,10H,4,6-7,15H2,1H3/t8-,10+/m0/s1. The van der Waals surface area contributed by atoms with E-state index in [9.17, 15) is 0 Å². The number of nitrogens with zero attached hydrogens (tertiary/aromatic N) is 4. The highest BCUT2D eigenvalue weighted by molar-refractivity contribution is 7.00. The first-order valence-corrected chi connectivity index (χ1v) is 7.08. The third kappa shape index (κ3) is 2.15. The molecule has 5 nitrogen and oxygen atoms in total. The lowest BCUT2D eigenvalue weighted by atomic mass is 9.96. The van der Waals surface area contributed by atoms with Gasteiger partial charge in [-0.15, -0.1) is 0 Å². The topological polar surface area (TPSA) is 78.8 Å². The fourth-order valence-corrected chi connectivity index (χ4v) is 3.36. The maximum absolute atomic E-state index is 9.09. The van der Waals surface area contributed by atoms with Crippen LogP contribution in [0.25, 0.3) is 11.0 Å². The minimum Gasteiger partial charge on any atom is -0.368 e. The van der Waals surface area contributed by atoms with Crippen molar-refractivity contribution in [1.82, 2.24) is 8.75 Å². The third-order valence-corrected chi connectivity index (χ3v) is 4.08. The van der Waals surface area contributed by atoms with Gasteiger partial charge in [0.1, 0.15) is 17.1 Å². The van der Waals surface area contributed by atoms with Crippen LogP contribution in [0.3, 0.4) is 0 Å². The van der Waals surface area contributed by atoms with Crippen molar-refractivity contribution in [3.63, 3.8) is 0 Å². The molecular weight excluding hydrogens is 258 g/mol. The first kappa shape index (κ1) is 12.3. The Morgan fingerprint density at radius 3 is 2.89 bits per heavy atom. The highest BCUT2D eigenvalue weighted by Crippen LogP contribution is 2.30. The van der Waals surface area contributed by atoms with E-state index in [4.69, 9.17) is 11.0 Å². The summed E-state index contributed by atoms with van der Waals surface area (Å²) in [4.78, 5) is 2.27. The minimum absolute atomic E-state index is 0.195. The molecule has 98 valence electrons. The number of aromatic nitrogens is 2. The summed E-state index contributed by atoms with van der Waals surface area (Å²) in [7, 11) is 0. The molecule has 3 rings (SSSR count). The van der Waals surface area contributed by atoms with Crippen LogP contribution in [0.4, 0.5) is 5.69 Å². The molecule has 2 atom stereocenters. The number of hydrogen-bond acceptors (Lipinski definition) is 6. The Hall–Kier alpha value is -1.71. The predicted octanol–water partition coefficient (Wildman–Crippen LogP) is 1.74. The Balaban J connectivity index is 2.06. The van der Waals surface area contributed by atoms with E-state index in [0.29, 0.717) is 17.0 Å². The second-order valence-corrected chi connectivity index (χ2v) is 5.74. The lowest BCUT2D eigenvalue weighted by Crippen LogP contribution is -2.46. The van der Waals surface area contributed by atoms with E-state index in [1.165, 1.54) is 0 Å². The van der Waals surface area contributed by atoms with Crippen molar-refractivity contribution >= 4 is 28.4 Å². The highest BCUT2D eigenvalue weighted by atomic mass is 32.1. The maximum Gasteiger partial charge on any atom is 0.129 e. The van der Waals surface area contributed by atoms with E-state index in [2.05, 4.69) is 26.6 Å². The van der Waals surface area contributed by atoms with Crippen LogP contribution in [0.1, 0.15) is 18.9 Å². The predicted molar refractivity (Wildman–Crippen MR) is 76.1 cm³/mol. The second kappa shape index (κ2) is 4.76. The number of nitriles is 1. The first-order valence-electron chi connectivity index (χ1n) is 6.35. The van der Waals surface area contributed by atoms with Crippen LogP contribution in [-0.4, -0.2) is 27.9 Å². The fourth-order valence-electron chi connectivity index (χ4n) is 2.80. The average Bonchev–Trinajstić information content (AvgIpc) is 2.85. The maximum atomic E-state index is 9.09. The highest BCUT2D eigenvalue weighted by Gasteiger charge is 2.24. The number of hydrogen-bond donors (Lipinski definition) is 1. The summed E-state index contributed by atoms with van der Waals surface area (Å²) >= 11 is 1.15. The van der Waals surface area contributed by atoms with Gasteiger partial charge in [-0.25, -0.2) is 0 Å². The van der Waals surface area contributed by atoms with Gasteiger partial charge in [-0.3, -0.25) is 0 Å². The van der Waals surface area contributed by atoms with Gasteiger partial charge in [0.25, 0.3) is 0 Å². The number of benzene rings is 1. The molecule has 0 saturated carbocycles. The SMILES string of the molecule is C[C@H]1C[C@@H](N)CN(c2ccc(C#N)c3nsnc23)C1. The summed E-state index contributed by atoms with van der Waals surface area (Å²) in [5.41, 5.74) is 9.26. The van der Waals surface area contributed by atoms with E-state index in [1.807, 2.05) is 12.1 Å². The second-order valence-electron chi connectivity index (χ2n) is 5.21. The molecule has 0 aliphatic carbocycles. The van der Waals surface area contributed by atoms with Gasteiger partial charge in [-0.1, -0.05) is 6.92 Å². The van der Waals surface area contributed by atoms with Crippen LogP contribution >= 0.6 is 11.7 Å². The van der Waals surface area contributed by atoms with Crippen molar-refractivity contribution < 1.29 is 0 Å². The summed E-state index contributed by atoms with van der Waals surface area (Å²) in [6.07, 6.45) is 1.06. The number of rotatable bonds is 1. The first-order chi connectivity index (χ1) is 9.19. The van der Waals surface area contributed by atoms with Crippen molar-refractivity contribution in [3.05, 3.63) is 17.7 Å². The van der Waals surface area contributed by atoms with Crippen molar-refractivity contribution in [2.75, 3.05) is 18.0 Å². The van der Waals surface area contributed by atoms with Crippen LogP contribution in [0.5, 0.6) is 0 Å². The summed E-state index contributed by atoms with van der Waals surface area (Å²) in [5.74, 6) is 0.570. The molecule has 0 bridgehead atoms. The average molecular weight is 273 g/mol. The zero-order valence-corrected chi connectivity index (χ0v) is 11.5. The van der Waals surface area contributed by atoms with Crippen LogP contribution < -0.4 is 10.6 Å². The number of fused-ring (bicyclic) bond motifs is 1. The van der Waals surface area contributed by atoms with E-state index in [-0.39, 0.29) is 6.04 Å². The van der Waals surface area contributed by atoms with Crippen molar-refractivity contribution in [2.45, 2.75) is 19.4 Å². The van der Waals surface area contributed by atoms with Gasteiger partial charge in [-0.2, -0.15) is 14.0 Å². The van der Waals surface area contributed by atoms with Gasteiger partial charge < -0.3 is 10.6 Å². The molecule has 2 aromatic rings. The van der Waals surface area contributed by atoms with Gasteiger partial charge in [-0.05, 0) is 24.5 Å². The Morgan fingerprint density at radius 1 is 1.37 bits per heavy atom. The summed E-state index contributed by atoms with van der Waals surface area (Å²) < 4.78 is 8.58. The molecule has 1 aromatic heterocycles. The number of nitrogens with two attached hydrogens (primary N) is 1. The largest absolute Gasteiger partial charge is 0.368 e. The van der Waals surface area contributed by atoms with Gasteiger partial charge in [0.15, 0.2) is 0 Å². The van der Waals surface area contributed by atoms with E-state index < -0.39 is 0 Å². The Morgan fingerprint density at radius 2 is 2.16 bits per heavy atom. The van der Waals surface area contributed by atoms with Crippen LogP contribution in [0.15, 0.2) is 12.1 Å². The van der Waals surface area contributed by atoms with Gasteiger partial charge in [0.05, 0.1) is 23.0 Å². The zero-order chi connectivity index (χ0) is 13.4. The molecule has 6 heteroatoms. The van der Waals surface area contributed by atoms with E-state index >= 15 is 0 Å². The lowest BCUT2D eigenvalue weighted by molar-refractivity contribution is 0.402. The van der Waals surface area contributed by atoms with E-state index in [0.717, 1.165) is 42.4 Å². The summed E-state index contributed by atoms with van der Waals surface area (Å²) in [5, 5.41) is 9.09. The van der Waals surface area contributed by atoms with Crippen LogP contribution in [0.2, 0.25) is 0 Å². The van der Waals surface area contributed by atoms with Gasteiger partial charge in [0, 0.05) is 19.1 Å². The molecule has 1 aromatic carbocycles. The zero-order valence-electron chi connectivity index (χ0n) is 10.7. The molecule has 0 amide bonds. The normalized spacial score (nSPS) is 23.5. The molecular formula is C13H15N5S. The number of anilines is 1. The van der Waals surface area contributed by atoms with Crippen LogP contribution in [0, 0.1) is 17.2 Å². The quantitative estimate of drug-likeness (QED) is 0.856. The van der Waals surface area contributed by atoms with Crippen molar-refractivity contribution in [2.24, 2.45) is 11.7 Å². The molecule has 2 heterocycles.